The smallest absolute Gasteiger partial charge is 0.0494 e. The van der Waals surface area contributed by atoms with E-state index in [4.69, 9.17) is 6.42 Å². The van der Waals surface area contributed by atoms with E-state index in [2.05, 4.69) is 11.7 Å². The zero-order chi connectivity index (χ0) is 5.11. The molecule has 0 heterocycles. The van der Waals surface area contributed by atoms with Gasteiger partial charge in [-0.3, -0.25) is 0 Å². The first-order chi connectivity index (χ1) is 3.43. The molecule has 0 heteroatoms. The van der Waals surface area contributed by atoms with Crippen molar-refractivity contribution in [2.24, 2.45) is 5.92 Å². The van der Waals surface area contributed by atoms with Crippen molar-refractivity contribution < 1.29 is 0 Å². The molecule has 1 aliphatic carbocycles. The van der Waals surface area contributed by atoms with Gasteiger partial charge in [-0.05, 0) is 18.6 Å². The van der Waals surface area contributed by atoms with Gasteiger partial charge in [-0.1, -0.05) is 5.92 Å². The molecule has 0 aliphatic heterocycles. The summed E-state index contributed by atoms with van der Waals surface area (Å²) in [6, 6.07) is 0. The Labute approximate surface area is 43.5 Å². The van der Waals surface area contributed by atoms with E-state index in [9.17, 15) is 0 Å². The molecule has 34 valence electrons. The molecule has 0 spiro atoms. The predicted octanol–water partition coefficient (Wildman–Crippen LogP) is 1.35. The molecule has 0 aromatic carbocycles. The fourth-order valence-electron chi connectivity index (χ4n) is 0.563. The molecule has 0 aromatic rings. The Morgan fingerprint density at radius 2 is 2.71 bits per heavy atom. The lowest BCUT2D eigenvalue weighted by atomic mass is 10.1. The Balaban J connectivity index is 2.57. The highest BCUT2D eigenvalue weighted by atomic mass is 14.0. The van der Waals surface area contributed by atoms with Crippen LogP contribution >= 0.6 is 0 Å². The van der Waals surface area contributed by atoms with Gasteiger partial charge >= 0.3 is 0 Å². The molecule has 0 nitrogen and oxygen atoms in total. The van der Waals surface area contributed by atoms with Crippen molar-refractivity contribution in [3.8, 4) is 12.3 Å². The summed E-state index contributed by atoms with van der Waals surface area (Å²) < 4.78 is 0. The van der Waals surface area contributed by atoms with Gasteiger partial charge in [-0.25, -0.2) is 0 Å². The van der Waals surface area contributed by atoms with Crippen LogP contribution in [0.25, 0.3) is 0 Å². The fourth-order valence-corrected chi connectivity index (χ4v) is 0.563. The van der Waals surface area contributed by atoms with Gasteiger partial charge in [0.2, 0.25) is 0 Å². The molecule has 1 unspecified atom stereocenters. The molecule has 0 saturated carbocycles. The van der Waals surface area contributed by atoms with Gasteiger partial charge in [0.15, 0.2) is 0 Å². The van der Waals surface area contributed by atoms with E-state index in [-0.39, 0.29) is 0 Å². The Hall–Kier alpha value is -0.920. The highest BCUT2D eigenvalue weighted by Crippen LogP contribution is 2.07. The van der Waals surface area contributed by atoms with Crippen molar-refractivity contribution in [3.05, 3.63) is 17.9 Å². The zero-order valence-corrected chi connectivity index (χ0v) is 4.02. The topological polar surface area (TPSA) is 0 Å². The molecule has 1 aliphatic rings. The maximum Gasteiger partial charge on any atom is 0.0494 e. The molecule has 0 bridgehead atoms. The molecule has 0 radical (unpaired) electrons. The van der Waals surface area contributed by atoms with Crippen LogP contribution in [0.5, 0.6) is 0 Å². The molecule has 0 fully saturated rings. The summed E-state index contributed by atoms with van der Waals surface area (Å²) in [5.74, 6) is 2.95. The second-order valence-corrected chi connectivity index (χ2v) is 1.55. The lowest BCUT2D eigenvalue weighted by Gasteiger charge is -1.88. The first kappa shape index (κ1) is 4.24. The van der Waals surface area contributed by atoms with E-state index in [1.54, 1.807) is 0 Å². The average Bonchev–Trinajstić information content (AvgIpc) is 2.14. The Morgan fingerprint density at radius 3 is 3.00 bits per heavy atom. The molecule has 0 saturated heterocycles. The summed E-state index contributed by atoms with van der Waals surface area (Å²) in [7, 11) is 0. The van der Waals surface area contributed by atoms with Crippen molar-refractivity contribution in [3.63, 3.8) is 0 Å². The third kappa shape index (κ3) is 0.738. The number of terminal acetylenes is 1. The predicted molar refractivity (Wildman–Crippen MR) is 29.6 cm³/mol. The van der Waals surface area contributed by atoms with E-state index in [1.165, 1.54) is 0 Å². The maximum absolute atomic E-state index is 5.09. The quantitative estimate of drug-likeness (QED) is 0.311. The van der Waals surface area contributed by atoms with Gasteiger partial charge in [0, 0.05) is 5.92 Å². The average molecular weight is 90.1 g/mol. The van der Waals surface area contributed by atoms with Crippen molar-refractivity contribution >= 4 is 0 Å². The van der Waals surface area contributed by atoms with Crippen LogP contribution in [0.3, 0.4) is 0 Å². The van der Waals surface area contributed by atoms with Gasteiger partial charge in [0.05, 0.1) is 0 Å². The van der Waals surface area contributed by atoms with Crippen LogP contribution in [0.4, 0.5) is 0 Å². The highest BCUT2D eigenvalue weighted by Gasteiger charge is 1.98. The van der Waals surface area contributed by atoms with Gasteiger partial charge in [-0.15, -0.1) is 12.2 Å². The molecule has 7 heavy (non-hydrogen) atoms. The SMILES string of the molecule is C#CC1C=C=CC1. The summed E-state index contributed by atoms with van der Waals surface area (Å²) in [5.41, 5.74) is 2.93. The van der Waals surface area contributed by atoms with E-state index >= 15 is 0 Å². The van der Waals surface area contributed by atoms with Gasteiger partial charge in [0.1, 0.15) is 0 Å². The molecule has 0 aromatic heterocycles. The number of hydrogen-bond donors (Lipinski definition) is 0. The second kappa shape index (κ2) is 1.69. The van der Waals surface area contributed by atoms with Crippen molar-refractivity contribution in [1.29, 1.82) is 0 Å². The largest absolute Gasteiger partial charge is 0.128 e. The standard InChI is InChI=1S/C7H6/c1-2-7-5-3-4-6-7/h1,3,6-7H,5H2. The Morgan fingerprint density at radius 1 is 1.86 bits per heavy atom. The second-order valence-electron chi connectivity index (χ2n) is 1.55. The van der Waals surface area contributed by atoms with E-state index in [1.807, 2.05) is 12.2 Å². The monoisotopic (exact) mass is 90.0 g/mol. The summed E-state index contributed by atoms with van der Waals surface area (Å²) >= 11 is 0. The Kier molecular flexibility index (Phi) is 1.02. The molecular formula is C7H6. The zero-order valence-electron chi connectivity index (χ0n) is 4.02. The Bertz CT molecular complexity index is 151. The van der Waals surface area contributed by atoms with E-state index in [0.29, 0.717) is 5.92 Å². The van der Waals surface area contributed by atoms with Crippen molar-refractivity contribution in [2.45, 2.75) is 6.42 Å². The van der Waals surface area contributed by atoms with Crippen molar-refractivity contribution in [2.75, 3.05) is 0 Å². The molecule has 1 atom stereocenters. The summed E-state index contributed by atoms with van der Waals surface area (Å²) in [6.07, 6.45) is 9.95. The molecule has 1 rings (SSSR count). The van der Waals surface area contributed by atoms with E-state index in [0.717, 1.165) is 6.42 Å². The normalized spacial score (nSPS) is 25.3. The van der Waals surface area contributed by atoms with Crippen LogP contribution in [0.2, 0.25) is 0 Å². The molecule has 0 N–H and O–H groups in total. The van der Waals surface area contributed by atoms with Gasteiger partial charge in [0.25, 0.3) is 0 Å². The summed E-state index contributed by atoms with van der Waals surface area (Å²) in [4.78, 5) is 0. The summed E-state index contributed by atoms with van der Waals surface area (Å²) in [6.45, 7) is 0. The minimum Gasteiger partial charge on any atom is -0.128 e. The minimum absolute atomic E-state index is 0.333. The summed E-state index contributed by atoms with van der Waals surface area (Å²) in [5, 5.41) is 0. The van der Waals surface area contributed by atoms with E-state index < -0.39 is 0 Å². The first-order valence-corrected chi connectivity index (χ1v) is 2.30. The van der Waals surface area contributed by atoms with Crippen molar-refractivity contribution in [1.82, 2.24) is 0 Å². The fraction of sp³-hybridized carbons (Fsp3) is 0.286. The molecular weight excluding hydrogens is 84.1 g/mol. The van der Waals surface area contributed by atoms with Gasteiger partial charge < -0.3 is 0 Å². The van der Waals surface area contributed by atoms with Crippen LogP contribution in [0.15, 0.2) is 17.9 Å². The van der Waals surface area contributed by atoms with Crippen LogP contribution in [-0.4, -0.2) is 0 Å². The lowest BCUT2D eigenvalue weighted by molar-refractivity contribution is 0.892. The van der Waals surface area contributed by atoms with Crippen LogP contribution in [0.1, 0.15) is 6.42 Å². The van der Waals surface area contributed by atoms with Crippen LogP contribution < -0.4 is 0 Å². The minimum atomic E-state index is 0.333. The number of allylic oxidation sites excluding steroid dienone is 1. The van der Waals surface area contributed by atoms with Gasteiger partial charge in [-0.2, -0.15) is 0 Å². The third-order valence-electron chi connectivity index (χ3n) is 1.00. The first-order valence-electron chi connectivity index (χ1n) is 2.30. The van der Waals surface area contributed by atoms with Crippen LogP contribution in [0, 0.1) is 18.3 Å². The molecule has 0 amide bonds. The number of rotatable bonds is 0. The van der Waals surface area contributed by atoms with Crippen LogP contribution in [-0.2, 0) is 0 Å². The lowest BCUT2D eigenvalue weighted by Crippen LogP contribution is -1.82. The highest BCUT2D eigenvalue weighted by molar-refractivity contribution is 5.12. The number of hydrogen-bond acceptors (Lipinski definition) is 0. The maximum atomic E-state index is 5.09. The third-order valence-corrected chi connectivity index (χ3v) is 1.00.